The minimum Gasteiger partial charge on any atom is -0.336 e. The van der Waals surface area contributed by atoms with Gasteiger partial charge in [-0.2, -0.15) is 0 Å². The lowest BCUT2D eigenvalue weighted by molar-refractivity contribution is -0.144. The lowest BCUT2D eigenvalue weighted by atomic mass is 9.87. The summed E-state index contributed by atoms with van der Waals surface area (Å²) in [5.74, 6) is 0.344. The van der Waals surface area contributed by atoms with Gasteiger partial charge < -0.3 is 4.90 Å². The summed E-state index contributed by atoms with van der Waals surface area (Å²) in [6, 6.07) is 0. The Balaban J connectivity index is 2.35. The zero-order chi connectivity index (χ0) is 9.35. The second kappa shape index (κ2) is 3.04. The SMILES string of the molecule is CC(=O)N1CC(F)(CC(C)C)C1. The first kappa shape index (κ1) is 9.49. The highest BCUT2D eigenvalue weighted by molar-refractivity contribution is 5.74. The predicted octanol–water partition coefficient (Wildman–Crippen LogP) is 1.60. The van der Waals surface area contributed by atoms with E-state index in [1.54, 1.807) is 4.90 Å². The van der Waals surface area contributed by atoms with Crippen LogP contribution >= 0.6 is 0 Å². The number of nitrogens with zero attached hydrogens (tertiary/aromatic N) is 1. The molecule has 0 bridgehead atoms. The summed E-state index contributed by atoms with van der Waals surface area (Å²) in [5.41, 5.74) is -1.10. The van der Waals surface area contributed by atoms with Crippen LogP contribution in [0.4, 0.5) is 4.39 Å². The smallest absolute Gasteiger partial charge is 0.219 e. The van der Waals surface area contributed by atoms with E-state index in [0.717, 1.165) is 0 Å². The molecule has 1 aliphatic heterocycles. The van der Waals surface area contributed by atoms with Crippen molar-refractivity contribution in [2.75, 3.05) is 13.1 Å². The molecule has 1 heterocycles. The molecule has 70 valence electrons. The number of amides is 1. The van der Waals surface area contributed by atoms with Crippen molar-refractivity contribution >= 4 is 5.91 Å². The highest BCUT2D eigenvalue weighted by Crippen LogP contribution is 2.31. The lowest BCUT2D eigenvalue weighted by Gasteiger charge is -2.44. The van der Waals surface area contributed by atoms with Crippen LogP contribution in [0.3, 0.4) is 0 Å². The first-order valence-corrected chi connectivity index (χ1v) is 4.37. The summed E-state index contributed by atoms with van der Waals surface area (Å²) < 4.78 is 13.6. The molecular formula is C9H16FNO. The number of halogens is 1. The summed E-state index contributed by atoms with van der Waals surface area (Å²) in [4.78, 5) is 12.3. The molecule has 0 aromatic carbocycles. The topological polar surface area (TPSA) is 20.3 Å². The molecule has 1 saturated heterocycles. The van der Waals surface area contributed by atoms with Crippen molar-refractivity contribution in [3.8, 4) is 0 Å². The van der Waals surface area contributed by atoms with Gasteiger partial charge in [-0.15, -0.1) is 0 Å². The summed E-state index contributed by atoms with van der Waals surface area (Å²) in [7, 11) is 0. The molecule has 1 amide bonds. The zero-order valence-electron chi connectivity index (χ0n) is 7.93. The van der Waals surface area contributed by atoms with Crippen LogP contribution in [0.5, 0.6) is 0 Å². The standard InChI is InChI=1S/C9H16FNO/c1-7(2)4-9(10)5-11(6-9)8(3)12/h7H,4-6H2,1-3H3. The summed E-state index contributed by atoms with van der Waals surface area (Å²) in [6.45, 7) is 6.06. The van der Waals surface area contributed by atoms with Gasteiger partial charge in [0.05, 0.1) is 13.1 Å². The molecule has 12 heavy (non-hydrogen) atoms. The average Bonchev–Trinajstić information content (AvgIpc) is 1.80. The fraction of sp³-hybridized carbons (Fsp3) is 0.889. The van der Waals surface area contributed by atoms with Gasteiger partial charge in [0.2, 0.25) is 5.91 Å². The molecular weight excluding hydrogens is 157 g/mol. The largest absolute Gasteiger partial charge is 0.336 e. The fourth-order valence-electron chi connectivity index (χ4n) is 1.72. The Hall–Kier alpha value is -0.600. The molecule has 0 radical (unpaired) electrons. The fourth-order valence-corrected chi connectivity index (χ4v) is 1.72. The second-order valence-electron chi connectivity index (χ2n) is 4.12. The van der Waals surface area contributed by atoms with Crippen molar-refractivity contribution in [3.05, 3.63) is 0 Å². The molecule has 1 aliphatic rings. The Morgan fingerprint density at radius 2 is 2.08 bits per heavy atom. The Morgan fingerprint density at radius 1 is 1.58 bits per heavy atom. The Labute approximate surface area is 72.7 Å². The lowest BCUT2D eigenvalue weighted by Crippen LogP contribution is -2.60. The maximum atomic E-state index is 13.6. The van der Waals surface area contributed by atoms with Crippen LogP contribution in [0.25, 0.3) is 0 Å². The Morgan fingerprint density at radius 3 is 2.42 bits per heavy atom. The number of alkyl halides is 1. The van der Waals surface area contributed by atoms with E-state index in [2.05, 4.69) is 0 Å². The molecule has 2 nitrogen and oxygen atoms in total. The van der Waals surface area contributed by atoms with Crippen LogP contribution in [0.2, 0.25) is 0 Å². The number of hydrogen-bond donors (Lipinski definition) is 0. The summed E-state index contributed by atoms with van der Waals surface area (Å²) in [6.07, 6.45) is 0.566. The van der Waals surface area contributed by atoms with Crippen LogP contribution in [0, 0.1) is 5.92 Å². The highest BCUT2D eigenvalue weighted by atomic mass is 19.1. The van der Waals surface area contributed by atoms with Crippen molar-refractivity contribution in [1.29, 1.82) is 0 Å². The minimum absolute atomic E-state index is 0.0213. The number of likely N-dealkylation sites (tertiary alicyclic amines) is 1. The average molecular weight is 173 g/mol. The van der Waals surface area contributed by atoms with Gasteiger partial charge in [-0.3, -0.25) is 4.79 Å². The van der Waals surface area contributed by atoms with Crippen molar-refractivity contribution in [2.24, 2.45) is 5.92 Å². The normalized spacial score (nSPS) is 20.9. The molecule has 0 aliphatic carbocycles. The van der Waals surface area contributed by atoms with Gasteiger partial charge in [-0.1, -0.05) is 13.8 Å². The van der Waals surface area contributed by atoms with Gasteiger partial charge in [-0.25, -0.2) is 4.39 Å². The number of carbonyl (C=O) groups excluding carboxylic acids is 1. The van der Waals surface area contributed by atoms with E-state index in [9.17, 15) is 9.18 Å². The van der Waals surface area contributed by atoms with Gasteiger partial charge in [0.25, 0.3) is 0 Å². The van der Waals surface area contributed by atoms with Crippen LogP contribution in [-0.2, 0) is 4.79 Å². The third-order valence-corrected chi connectivity index (χ3v) is 2.17. The van der Waals surface area contributed by atoms with Crippen molar-refractivity contribution in [1.82, 2.24) is 4.90 Å². The van der Waals surface area contributed by atoms with Gasteiger partial charge in [0.1, 0.15) is 5.67 Å². The summed E-state index contributed by atoms with van der Waals surface area (Å²) in [5, 5.41) is 0. The molecule has 0 saturated carbocycles. The van der Waals surface area contributed by atoms with Gasteiger partial charge >= 0.3 is 0 Å². The number of hydrogen-bond acceptors (Lipinski definition) is 1. The summed E-state index contributed by atoms with van der Waals surface area (Å²) >= 11 is 0. The molecule has 1 fully saturated rings. The van der Waals surface area contributed by atoms with E-state index in [-0.39, 0.29) is 5.91 Å². The monoisotopic (exact) mass is 173 g/mol. The molecule has 0 spiro atoms. The van der Waals surface area contributed by atoms with Crippen LogP contribution in [-0.4, -0.2) is 29.6 Å². The molecule has 0 aromatic rings. The van der Waals surface area contributed by atoms with E-state index in [4.69, 9.17) is 0 Å². The van der Waals surface area contributed by atoms with Crippen LogP contribution in [0.1, 0.15) is 27.2 Å². The third kappa shape index (κ3) is 1.96. The molecule has 0 N–H and O–H groups in total. The quantitative estimate of drug-likeness (QED) is 0.621. The van der Waals surface area contributed by atoms with Crippen LogP contribution in [0.15, 0.2) is 0 Å². The molecule has 0 unspecified atom stereocenters. The van der Waals surface area contributed by atoms with E-state index in [1.165, 1.54) is 6.92 Å². The van der Waals surface area contributed by atoms with Gasteiger partial charge in [0, 0.05) is 6.92 Å². The number of rotatable bonds is 2. The maximum Gasteiger partial charge on any atom is 0.219 e. The molecule has 0 atom stereocenters. The number of carbonyl (C=O) groups is 1. The molecule has 0 aromatic heterocycles. The Kier molecular flexibility index (Phi) is 2.40. The van der Waals surface area contributed by atoms with E-state index in [0.29, 0.717) is 25.4 Å². The molecule has 3 heteroatoms. The Bertz CT molecular complexity index is 185. The van der Waals surface area contributed by atoms with Gasteiger partial charge in [0.15, 0.2) is 0 Å². The highest BCUT2D eigenvalue weighted by Gasteiger charge is 2.44. The zero-order valence-corrected chi connectivity index (χ0v) is 7.93. The first-order valence-electron chi connectivity index (χ1n) is 4.37. The van der Waals surface area contributed by atoms with Crippen LogP contribution < -0.4 is 0 Å². The maximum absolute atomic E-state index is 13.6. The van der Waals surface area contributed by atoms with Crippen molar-refractivity contribution in [3.63, 3.8) is 0 Å². The van der Waals surface area contributed by atoms with E-state index < -0.39 is 5.67 Å². The molecule has 1 rings (SSSR count). The van der Waals surface area contributed by atoms with Crippen molar-refractivity contribution < 1.29 is 9.18 Å². The first-order chi connectivity index (χ1) is 5.43. The third-order valence-electron chi connectivity index (χ3n) is 2.17. The van der Waals surface area contributed by atoms with Crippen molar-refractivity contribution in [2.45, 2.75) is 32.9 Å². The van der Waals surface area contributed by atoms with Gasteiger partial charge in [-0.05, 0) is 12.3 Å². The minimum atomic E-state index is -1.10. The second-order valence-corrected chi connectivity index (χ2v) is 4.12. The van der Waals surface area contributed by atoms with E-state index in [1.807, 2.05) is 13.8 Å². The van der Waals surface area contributed by atoms with E-state index >= 15 is 0 Å². The predicted molar refractivity (Wildman–Crippen MR) is 45.5 cm³/mol.